The van der Waals surface area contributed by atoms with Crippen LogP contribution >= 0.6 is 11.6 Å². The van der Waals surface area contributed by atoms with Gasteiger partial charge in [0.15, 0.2) is 0 Å². The zero-order valence-corrected chi connectivity index (χ0v) is 10.4. The summed E-state index contributed by atoms with van der Waals surface area (Å²) >= 11 is 5.93. The van der Waals surface area contributed by atoms with Crippen LogP contribution in [0.1, 0.15) is 20.8 Å². The van der Waals surface area contributed by atoms with Crippen molar-refractivity contribution in [2.24, 2.45) is 0 Å². The van der Waals surface area contributed by atoms with Crippen molar-refractivity contribution in [1.29, 1.82) is 0 Å². The molecule has 0 aromatic heterocycles. The Morgan fingerprint density at radius 3 is 2.00 bits per heavy atom. The van der Waals surface area contributed by atoms with E-state index in [4.69, 9.17) is 11.6 Å². The Bertz CT molecular complexity index is 349. The fourth-order valence-corrected chi connectivity index (χ4v) is 1.18. The van der Waals surface area contributed by atoms with Gasteiger partial charge >= 0.3 is 0 Å². The molecular weight excluding hydrogens is 230 g/mol. The molecule has 0 aromatic carbocycles. The first kappa shape index (κ1) is 14.9. The molecule has 5 heteroatoms. The molecule has 0 fully saturated rings. The molecule has 90 valence electrons. The molecule has 0 aromatic rings. The highest BCUT2D eigenvalue weighted by Gasteiger charge is 2.42. The van der Waals surface area contributed by atoms with Gasteiger partial charge in [-0.1, -0.05) is 24.8 Å². The smallest absolute Gasteiger partial charge is 0.248 e. The van der Waals surface area contributed by atoms with Crippen LogP contribution in [-0.4, -0.2) is 27.9 Å². The average Bonchev–Trinajstić information content (AvgIpc) is 2.15. The summed E-state index contributed by atoms with van der Waals surface area (Å²) in [6.45, 7) is 11.1. The first-order valence-electron chi connectivity index (χ1n) is 4.68. The van der Waals surface area contributed by atoms with E-state index in [-0.39, 0.29) is 11.1 Å². The van der Waals surface area contributed by atoms with Crippen molar-refractivity contribution in [3.8, 4) is 0 Å². The molecular formula is C11H16ClNO3. The SMILES string of the molecule is C=C(C)C(=O)NC(Cl)(C(=O)C(=C)C)C(C)O. The summed E-state index contributed by atoms with van der Waals surface area (Å²) in [5, 5.41) is 11.7. The fraction of sp³-hybridized carbons (Fsp3) is 0.455. The van der Waals surface area contributed by atoms with Crippen LogP contribution in [0.2, 0.25) is 0 Å². The lowest BCUT2D eigenvalue weighted by Gasteiger charge is -2.29. The van der Waals surface area contributed by atoms with Crippen LogP contribution in [-0.2, 0) is 9.59 Å². The third-order valence-corrected chi connectivity index (χ3v) is 2.56. The summed E-state index contributed by atoms with van der Waals surface area (Å²) in [4.78, 5) is 21.2. The highest BCUT2D eigenvalue weighted by Crippen LogP contribution is 2.22. The standard InChI is InChI=1S/C11H16ClNO3/c1-6(2)9(15)11(12,8(5)14)13-10(16)7(3)4/h8,14H,1,3H2,2,4-5H3,(H,13,16). The maximum absolute atomic E-state index is 11.7. The monoisotopic (exact) mass is 245 g/mol. The molecule has 1 amide bonds. The molecule has 2 atom stereocenters. The van der Waals surface area contributed by atoms with Gasteiger partial charge in [-0.15, -0.1) is 0 Å². The van der Waals surface area contributed by atoms with E-state index in [1.807, 2.05) is 0 Å². The molecule has 2 unspecified atom stereocenters. The number of ketones is 1. The van der Waals surface area contributed by atoms with Gasteiger partial charge in [-0.3, -0.25) is 9.59 Å². The molecule has 0 saturated carbocycles. The molecule has 4 nitrogen and oxygen atoms in total. The number of alkyl halides is 1. The summed E-state index contributed by atoms with van der Waals surface area (Å²) in [5.41, 5.74) is 0.345. The van der Waals surface area contributed by atoms with Crippen molar-refractivity contribution in [3.63, 3.8) is 0 Å². The van der Waals surface area contributed by atoms with Crippen molar-refractivity contribution >= 4 is 23.3 Å². The number of carbonyl (C=O) groups is 2. The number of hydrogen-bond acceptors (Lipinski definition) is 3. The highest BCUT2D eigenvalue weighted by atomic mass is 35.5. The second kappa shape index (κ2) is 5.27. The predicted octanol–water partition coefficient (Wildman–Crippen LogP) is 1.14. The van der Waals surface area contributed by atoms with Gasteiger partial charge in [0.1, 0.15) is 0 Å². The molecule has 0 rings (SSSR count). The molecule has 0 aliphatic rings. The third kappa shape index (κ3) is 3.18. The molecule has 0 aliphatic heterocycles. The predicted molar refractivity (Wildman–Crippen MR) is 63.0 cm³/mol. The van der Waals surface area contributed by atoms with Crippen molar-refractivity contribution in [1.82, 2.24) is 5.32 Å². The van der Waals surface area contributed by atoms with Crippen LogP contribution in [0.3, 0.4) is 0 Å². The van der Waals surface area contributed by atoms with Crippen molar-refractivity contribution < 1.29 is 14.7 Å². The molecule has 16 heavy (non-hydrogen) atoms. The molecule has 0 spiro atoms. The Kier molecular flexibility index (Phi) is 4.90. The number of nitrogens with one attached hydrogen (secondary N) is 1. The molecule has 0 aliphatic carbocycles. The molecule has 0 radical (unpaired) electrons. The molecule has 0 saturated heterocycles. The van der Waals surface area contributed by atoms with Gasteiger partial charge in [0.25, 0.3) is 0 Å². The summed E-state index contributed by atoms with van der Waals surface area (Å²) in [7, 11) is 0. The van der Waals surface area contributed by atoms with E-state index in [1.54, 1.807) is 0 Å². The maximum Gasteiger partial charge on any atom is 0.248 e. The highest BCUT2D eigenvalue weighted by molar-refractivity contribution is 6.39. The Balaban J connectivity index is 5.14. The number of amides is 1. The van der Waals surface area contributed by atoms with Gasteiger partial charge in [-0.2, -0.15) is 0 Å². The average molecular weight is 246 g/mol. The van der Waals surface area contributed by atoms with Gasteiger partial charge in [0, 0.05) is 5.57 Å². The first-order valence-corrected chi connectivity index (χ1v) is 5.06. The van der Waals surface area contributed by atoms with Crippen molar-refractivity contribution in [2.75, 3.05) is 0 Å². The minimum Gasteiger partial charge on any atom is -0.389 e. The van der Waals surface area contributed by atoms with Crippen molar-refractivity contribution in [3.05, 3.63) is 24.3 Å². The van der Waals surface area contributed by atoms with Crippen LogP contribution in [0.5, 0.6) is 0 Å². The van der Waals surface area contributed by atoms with Gasteiger partial charge in [-0.25, -0.2) is 0 Å². The third-order valence-electron chi connectivity index (χ3n) is 1.98. The number of aliphatic hydroxyl groups excluding tert-OH is 1. The number of carbonyl (C=O) groups excluding carboxylic acids is 2. The van der Waals surface area contributed by atoms with E-state index >= 15 is 0 Å². The number of hydrogen-bond donors (Lipinski definition) is 2. The summed E-state index contributed by atoms with van der Waals surface area (Å²) < 4.78 is 0. The van der Waals surface area contributed by atoms with Crippen LogP contribution < -0.4 is 5.32 Å². The van der Waals surface area contributed by atoms with Crippen molar-refractivity contribution in [2.45, 2.75) is 31.9 Å². The largest absolute Gasteiger partial charge is 0.389 e. The van der Waals surface area contributed by atoms with E-state index in [1.165, 1.54) is 20.8 Å². The van der Waals surface area contributed by atoms with Gasteiger partial charge in [0.2, 0.25) is 16.7 Å². The van der Waals surface area contributed by atoms with E-state index in [9.17, 15) is 14.7 Å². The minimum absolute atomic E-state index is 0.151. The Morgan fingerprint density at radius 2 is 1.75 bits per heavy atom. The molecule has 0 bridgehead atoms. The minimum atomic E-state index is -1.89. The lowest BCUT2D eigenvalue weighted by atomic mass is 10.0. The summed E-state index contributed by atoms with van der Waals surface area (Å²) in [6, 6.07) is 0. The Morgan fingerprint density at radius 1 is 1.31 bits per heavy atom. The van der Waals surface area contributed by atoms with Gasteiger partial charge in [-0.05, 0) is 26.3 Å². The van der Waals surface area contributed by atoms with Crippen LogP contribution in [0.15, 0.2) is 24.3 Å². The number of aliphatic hydroxyl groups is 1. The van der Waals surface area contributed by atoms with Crippen LogP contribution in [0, 0.1) is 0 Å². The van der Waals surface area contributed by atoms with E-state index < -0.39 is 22.8 Å². The van der Waals surface area contributed by atoms with E-state index in [0.717, 1.165) is 0 Å². The second-order valence-electron chi connectivity index (χ2n) is 3.73. The second-order valence-corrected chi connectivity index (χ2v) is 4.33. The van der Waals surface area contributed by atoms with Gasteiger partial charge < -0.3 is 10.4 Å². The Labute approximate surface area is 100.0 Å². The molecule has 0 heterocycles. The van der Waals surface area contributed by atoms with Crippen LogP contribution in [0.25, 0.3) is 0 Å². The van der Waals surface area contributed by atoms with E-state index in [2.05, 4.69) is 18.5 Å². The van der Waals surface area contributed by atoms with E-state index in [0.29, 0.717) is 0 Å². The van der Waals surface area contributed by atoms with Gasteiger partial charge in [0.05, 0.1) is 6.10 Å². The zero-order valence-electron chi connectivity index (χ0n) is 9.63. The van der Waals surface area contributed by atoms with Crippen LogP contribution in [0.4, 0.5) is 0 Å². The maximum atomic E-state index is 11.7. The summed E-state index contributed by atoms with van der Waals surface area (Å²) in [6.07, 6.45) is -1.25. The summed E-state index contributed by atoms with van der Waals surface area (Å²) in [5.74, 6) is -1.22. The normalized spacial score (nSPS) is 15.8. The first-order chi connectivity index (χ1) is 7.12. The number of Topliss-reactive ketones (excluding diaryl/α,β-unsaturated/α-hetero) is 1. The lowest BCUT2D eigenvalue weighted by molar-refractivity contribution is -0.128. The number of halogens is 1. The molecule has 2 N–H and O–H groups in total. The fourth-order valence-electron chi connectivity index (χ4n) is 0.933. The topological polar surface area (TPSA) is 66.4 Å². The zero-order chi connectivity index (χ0) is 13.1. The Hall–Kier alpha value is -1.13. The number of rotatable bonds is 5. The lowest BCUT2D eigenvalue weighted by Crippen LogP contribution is -2.57. The quantitative estimate of drug-likeness (QED) is 0.434.